The summed E-state index contributed by atoms with van der Waals surface area (Å²) in [6.07, 6.45) is 53.7. The van der Waals surface area contributed by atoms with Gasteiger partial charge in [0.25, 0.3) is 0 Å². The summed E-state index contributed by atoms with van der Waals surface area (Å²) in [6, 6.07) is 0. The highest BCUT2D eigenvalue weighted by molar-refractivity contribution is 7.47. The van der Waals surface area contributed by atoms with Crippen LogP contribution in [0.3, 0.4) is 0 Å². The molecular weight excluding hydrogens is 1230 g/mol. The number of hydrogen-bond acceptors (Lipinski definition) is 15. The third-order valence-electron chi connectivity index (χ3n) is 17.1. The normalized spacial score (nSPS) is 14.6. The van der Waals surface area contributed by atoms with Crippen molar-refractivity contribution in [3.8, 4) is 0 Å². The number of allylic oxidation sites excluding steroid dienone is 4. The Bertz CT molecular complexity index is 1930. The van der Waals surface area contributed by atoms with E-state index in [1.165, 1.54) is 148 Å². The molecule has 3 unspecified atom stereocenters. The number of carbonyl (C=O) groups is 4. The molecule has 0 aromatic carbocycles. The highest BCUT2D eigenvalue weighted by Crippen LogP contribution is 2.45. The highest BCUT2D eigenvalue weighted by atomic mass is 31.2. The molecule has 0 saturated heterocycles. The minimum Gasteiger partial charge on any atom is -0.462 e. The molecule has 0 fully saturated rings. The van der Waals surface area contributed by atoms with Crippen LogP contribution in [0.15, 0.2) is 24.3 Å². The number of phosphoric acid groups is 2. The molecule has 0 rings (SSSR count). The summed E-state index contributed by atoms with van der Waals surface area (Å²) in [5, 5.41) is 10.6. The van der Waals surface area contributed by atoms with Crippen molar-refractivity contribution in [1.29, 1.82) is 0 Å². The van der Waals surface area contributed by atoms with Crippen LogP contribution in [0.2, 0.25) is 0 Å². The van der Waals surface area contributed by atoms with Crippen molar-refractivity contribution in [2.75, 3.05) is 39.6 Å². The average Bonchev–Trinajstić information content (AvgIpc) is 1.49. The van der Waals surface area contributed by atoms with Gasteiger partial charge in [-0.05, 0) is 69.1 Å². The second kappa shape index (κ2) is 65.2. The molecular formula is C75H142O17P2. The minimum absolute atomic E-state index is 0.0836. The number of rotatable bonds is 71. The zero-order valence-electron chi connectivity index (χ0n) is 60.9. The molecule has 0 aliphatic carbocycles. The molecule has 0 amide bonds. The van der Waals surface area contributed by atoms with E-state index in [0.717, 1.165) is 121 Å². The van der Waals surface area contributed by atoms with Gasteiger partial charge in [0.1, 0.15) is 19.3 Å². The van der Waals surface area contributed by atoms with Gasteiger partial charge >= 0.3 is 39.5 Å². The first kappa shape index (κ1) is 91.5. The van der Waals surface area contributed by atoms with Gasteiger partial charge in [0.15, 0.2) is 12.2 Å². The summed E-state index contributed by atoms with van der Waals surface area (Å²) < 4.78 is 68.4. The summed E-state index contributed by atoms with van der Waals surface area (Å²) in [5.41, 5.74) is 0. The fraction of sp³-hybridized carbons (Fsp3) is 0.893. The smallest absolute Gasteiger partial charge is 0.462 e. The van der Waals surface area contributed by atoms with Crippen molar-refractivity contribution in [3.05, 3.63) is 24.3 Å². The molecule has 0 radical (unpaired) electrons. The van der Waals surface area contributed by atoms with Crippen LogP contribution in [0.4, 0.5) is 0 Å². The lowest BCUT2D eigenvalue weighted by Gasteiger charge is -2.21. The molecule has 0 aliphatic rings. The van der Waals surface area contributed by atoms with Crippen LogP contribution in [0.5, 0.6) is 0 Å². The number of hydrogen-bond donors (Lipinski definition) is 3. The lowest BCUT2D eigenvalue weighted by atomic mass is 9.99. The van der Waals surface area contributed by atoms with Crippen LogP contribution in [-0.4, -0.2) is 96.7 Å². The van der Waals surface area contributed by atoms with E-state index in [2.05, 4.69) is 72.8 Å². The number of ether oxygens (including phenoxy) is 4. The van der Waals surface area contributed by atoms with Crippen molar-refractivity contribution in [3.63, 3.8) is 0 Å². The quantitative estimate of drug-likeness (QED) is 0.0169. The molecule has 0 aromatic heterocycles. The van der Waals surface area contributed by atoms with Crippen molar-refractivity contribution in [2.24, 2.45) is 17.8 Å². The molecule has 0 bridgehead atoms. The maximum absolute atomic E-state index is 13.1. The summed E-state index contributed by atoms with van der Waals surface area (Å²) >= 11 is 0. The van der Waals surface area contributed by atoms with Gasteiger partial charge in [-0.25, -0.2) is 9.13 Å². The molecule has 6 atom stereocenters. The molecule has 0 aromatic rings. The summed E-state index contributed by atoms with van der Waals surface area (Å²) in [7, 11) is -9.92. The zero-order valence-corrected chi connectivity index (χ0v) is 62.7. The monoisotopic (exact) mass is 1380 g/mol. The van der Waals surface area contributed by atoms with Crippen LogP contribution >= 0.6 is 15.6 Å². The highest BCUT2D eigenvalue weighted by Gasteiger charge is 2.30. The number of phosphoric ester groups is 2. The van der Waals surface area contributed by atoms with Crippen LogP contribution in [0.1, 0.15) is 357 Å². The molecule has 19 heteroatoms. The molecule has 0 spiro atoms. The third kappa shape index (κ3) is 66.8. The molecule has 94 heavy (non-hydrogen) atoms. The van der Waals surface area contributed by atoms with Gasteiger partial charge in [-0.1, -0.05) is 304 Å². The van der Waals surface area contributed by atoms with Gasteiger partial charge in [-0.2, -0.15) is 0 Å². The SMILES string of the molecule is CCCCCC/C=C\C=C/CCCCCCCC(=O)O[C@H](COC(=O)CCCCCCCCC(C)C)COP(=O)(O)OC[C@H](O)COP(=O)(O)OC[C@@H](COC(=O)CCCCCCCCCCC(C)CC)OC(=O)CCCCCCCCCCCCCCCCCC(C)C. The Labute approximate surface area is 573 Å². The third-order valence-corrected chi connectivity index (χ3v) is 19.0. The van der Waals surface area contributed by atoms with E-state index < -0.39 is 97.5 Å². The number of unbranched alkanes of at least 4 members (excludes halogenated alkanes) is 35. The van der Waals surface area contributed by atoms with Gasteiger partial charge in [0.05, 0.1) is 26.4 Å². The standard InChI is InChI=1S/C75H142O17P2/c1-8-10-11-12-13-14-15-16-18-22-25-28-35-44-51-59-75(80)92-71(63-86-73(78)57-50-43-38-37-40-47-54-67(5)6)65-90-94(83,84)88-61-69(76)60-87-93(81,82)89-64-70(62-85-72(77)56-49-42-34-31-30-33-41-48-55-68(7)9-2)91-74(79)58-52-45-36-29-26-23-20-17-19-21-24-27-32-39-46-53-66(3)4/h14-16,18,66-71,76H,8-13,17,19-65H2,1-7H3,(H,81,82)(H,83,84)/b15-14-,18-16-/t68?,69-,70-,71-/m1/s1. The topological polar surface area (TPSA) is 237 Å². The van der Waals surface area contributed by atoms with Crippen molar-refractivity contribution >= 4 is 39.5 Å². The van der Waals surface area contributed by atoms with Crippen molar-refractivity contribution in [1.82, 2.24) is 0 Å². The first-order valence-electron chi connectivity index (χ1n) is 38.2. The van der Waals surface area contributed by atoms with E-state index >= 15 is 0 Å². The van der Waals surface area contributed by atoms with E-state index in [1.807, 2.05) is 0 Å². The molecule has 0 heterocycles. The Morgan fingerprint density at radius 2 is 0.628 bits per heavy atom. The minimum atomic E-state index is -4.96. The lowest BCUT2D eigenvalue weighted by molar-refractivity contribution is -0.161. The van der Waals surface area contributed by atoms with E-state index in [-0.39, 0.29) is 25.7 Å². The predicted octanol–water partition coefficient (Wildman–Crippen LogP) is 21.3. The van der Waals surface area contributed by atoms with Crippen LogP contribution in [0, 0.1) is 17.8 Å². The average molecular weight is 1380 g/mol. The van der Waals surface area contributed by atoms with E-state index in [9.17, 15) is 43.2 Å². The Morgan fingerprint density at radius 1 is 0.351 bits per heavy atom. The van der Waals surface area contributed by atoms with Gasteiger partial charge in [0, 0.05) is 25.7 Å². The van der Waals surface area contributed by atoms with Crippen molar-refractivity contribution < 1.29 is 80.2 Å². The largest absolute Gasteiger partial charge is 0.472 e. The number of aliphatic hydroxyl groups is 1. The van der Waals surface area contributed by atoms with Gasteiger partial charge < -0.3 is 33.8 Å². The molecule has 0 saturated carbocycles. The van der Waals surface area contributed by atoms with E-state index in [1.54, 1.807) is 0 Å². The maximum atomic E-state index is 13.1. The molecule has 3 N–H and O–H groups in total. The van der Waals surface area contributed by atoms with Gasteiger partial charge in [-0.15, -0.1) is 0 Å². The Hall–Kier alpha value is -2.46. The maximum Gasteiger partial charge on any atom is 0.472 e. The molecule has 554 valence electrons. The number of aliphatic hydroxyl groups excluding tert-OH is 1. The van der Waals surface area contributed by atoms with Crippen LogP contribution in [-0.2, 0) is 65.4 Å². The van der Waals surface area contributed by atoms with E-state index in [4.69, 9.17) is 37.0 Å². The Balaban J connectivity index is 5.26. The number of carbonyl (C=O) groups excluding carboxylic acids is 4. The fourth-order valence-corrected chi connectivity index (χ4v) is 12.4. The van der Waals surface area contributed by atoms with Crippen LogP contribution in [0.25, 0.3) is 0 Å². The number of esters is 4. The molecule has 0 aliphatic heterocycles. The second-order valence-corrected chi connectivity index (χ2v) is 30.5. The van der Waals surface area contributed by atoms with Gasteiger partial charge in [0.2, 0.25) is 0 Å². The van der Waals surface area contributed by atoms with Crippen molar-refractivity contribution in [2.45, 2.75) is 375 Å². The Morgan fingerprint density at radius 3 is 0.947 bits per heavy atom. The zero-order chi connectivity index (χ0) is 69.4. The predicted molar refractivity (Wildman–Crippen MR) is 381 cm³/mol. The van der Waals surface area contributed by atoms with Crippen LogP contribution < -0.4 is 0 Å². The summed E-state index contributed by atoms with van der Waals surface area (Å²) in [5.74, 6) is 0.100. The first-order valence-corrected chi connectivity index (χ1v) is 41.2. The Kier molecular flexibility index (Phi) is 63.5. The molecule has 17 nitrogen and oxygen atoms in total. The van der Waals surface area contributed by atoms with E-state index in [0.29, 0.717) is 31.6 Å². The van der Waals surface area contributed by atoms with Gasteiger partial charge in [-0.3, -0.25) is 37.3 Å². The second-order valence-electron chi connectivity index (χ2n) is 27.5. The first-order chi connectivity index (χ1) is 45.3. The lowest BCUT2D eigenvalue weighted by Crippen LogP contribution is -2.30. The fourth-order valence-electron chi connectivity index (χ4n) is 10.9. The summed E-state index contributed by atoms with van der Waals surface area (Å²) in [4.78, 5) is 72.7. The summed E-state index contributed by atoms with van der Waals surface area (Å²) in [6.45, 7) is 11.8.